The third-order valence-electron chi connectivity index (χ3n) is 2.51. The predicted octanol–water partition coefficient (Wildman–Crippen LogP) is 2.69. The number of methoxy groups -OCH3 is 1. The molecule has 0 spiro atoms. The zero-order valence-corrected chi connectivity index (χ0v) is 11.8. The Kier molecular flexibility index (Phi) is 4.01. The number of rotatable bonds is 3. The molecule has 1 amide bonds. The molecule has 0 aliphatic carbocycles. The smallest absolute Gasteiger partial charge is 0.259 e. The molecule has 98 valence electrons. The van der Waals surface area contributed by atoms with E-state index in [9.17, 15) is 4.79 Å². The monoisotopic (exact) mass is 321 g/mol. The summed E-state index contributed by atoms with van der Waals surface area (Å²) >= 11 is 3.31. The molecule has 3 N–H and O–H groups in total. The Morgan fingerprint density at radius 3 is 2.89 bits per heavy atom. The van der Waals surface area contributed by atoms with Gasteiger partial charge in [0.2, 0.25) is 0 Å². The van der Waals surface area contributed by atoms with Crippen molar-refractivity contribution in [2.75, 3.05) is 18.2 Å². The molecule has 1 aromatic heterocycles. The second kappa shape index (κ2) is 5.71. The molecule has 6 heteroatoms. The van der Waals surface area contributed by atoms with Gasteiger partial charge in [0.1, 0.15) is 5.75 Å². The molecule has 5 nitrogen and oxygen atoms in total. The molecule has 0 saturated heterocycles. The molecule has 2 rings (SSSR count). The molecule has 2 aromatic rings. The van der Waals surface area contributed by atoms with Gasteiger partial charge < -0.3 is 15.8 Å². The molecular weight excluding hydrogens is 310 g/mol. The zero-order valence-electron chi connectivity index (χ0n) is 10.2. The highest BCUT2D eigenvalue weighted by atomic mass is 79.9. The summed E-state index contributed by atoms with van der Waals surface area (Å²) in [5, 5.41) is 2.74. The Morgan fingerprint density at radius 2 is 2.21 bits per heavy atom. The minimum Gasteiger partial charge on any atom is -0.494 e. The lowest BCUT2D eigenvalue weighted by Crippen LogP contribution is -2.14. The topological polar surface area (TPSA) is 77.2 Å². The fourth-order valence-corrected chi connectivity index (χ4v) is 1.95. The van der Waals surface area contributed by atoms with Gasteiger partial charge in [-0.2, -0.15) is 0 Å². The number of amides is 1. The van der Waals surface area contributed by atoms with Crippen molar-refractivity contribution in [3.63, 3.8) is 0 Å². The Hall–Kier alpha value is -2.08. The van der Waals surface area contributed by atoms with E-state index in [0.717, 1.165) is 4.47 Å². The first-order chi connectivity index (χ1) is 9.11. The first-order valence-corrected chi connectivity index (χ1v) is 6.25. The van der Waals surface area contributed by atoms with Gasteiger partial charge in [-0.1, -0.05) is 15.9 Å². The Labute approximate surface area is 118 Å². The van der Waals surface area contributed by atoms with Crippen LogP contribution in [0, 0.1) is 0 Å². The van der Waals surface area contributed by atoms with Gasteiger partial charge in [-0.25, -0.2) is 0 Å². The second-order valence-electron chi connectivity index (χ2n) is 3.76. The normalized spacial score (nSPS) is 10.0. The summed E-state index contributed by atoms with van der Waals surface area (Å²) in [6.07, 6.45) is 3.02. The third-order valence-corrected chi connectivity index (χ3v) is 3.00. The van der Waals surface area contributed by atoms with Crippen LogP contribution in [0.2, 0.25) is 0 Å². The average molecular weight is 322 g/mol. The number of hydrogen-bond acceptors (Lipinski definition) is 4. The highest BCUT2D eigenvalue weighted by Crippen LogP contribution is 2.24. The number of nitrogen functional groups attached to an aromatic ring is 1. The number of benzene rings is 1. The van der Waals surface area contributed by atoms with Crippen molar-refractivity contribution >= 4 is 33.2 Å². The van der Waals surface area contributed by atoms with E-state index in [1.807, 2.05) is 0 Å². The number of hydrogen-bond donors (Lipinski definition) is 2. The van der Waals surface area contributed by atoms with Crippen molar-refractivity contribution in [2.24, 2.45) is 0 Å². The Balaban J connectivity index is 2.26. The summed E-state index contributed by atoms with van der Waals surface area (Å²) in [6.45, 7) is 0. The molecule has 0 saturated carbocycles. The van der Waals surface area contributed by atoms with Crippen molar-refractivity contribution in [1.82, 2.24) is 4.98 Å². The molecular formula is C13H12BrN3O2. The fourth-order valence-electron chi connectivity index (χ4n) is 1.57. The number of aromatic nitrogens is 1. The highest BCUT2D eigenvalue weighted by molar-refractivity contribution is 9.10. The van der Waals surface area contributed by atoms with E-state index < -0.39 is 0 Å². The number of nitrogens with two attached hydrogens (primary N) is 1. The van der Waals surface area contributed by atoms with Crippen LogP contribution < -0.4 is 15.8 Å². The molecule has 19 heavy (non-hydrogen) atoms. The molecule has 1 aromatic carbocycles. The van der Waals surface area contributed by atoms with Gasteiger partial charge >= 0.3 is 0 Å². The summed E-state index contributed by atoms with van der Waals surface area (Å²) in [7, 11) is 1.49. The van der Waals surface area contributed by atoms with Crippen molar-refractivity contribution < 1.29 is 9.53 Å². The number of carbonyl (C=O) groups excluding carboxylic acids is 1. The van der Waals surface area contributed by atoms with Gasteiger partial charge in [-0.05, 0) is 24.3 Å². The number of carbonyl (C=O) groups is 1. The van der Waals surface area contributed by atoms with Gasteiger partial charge in [0.15, 0.2) is 0 Å². The lowest BCUT2D eigenvalue weighted by Gasteiger charge is -2.10. The number of ether oxygens (including phenoxy) is 1. The highest BCUT2D eigenvalue weighted by Gasteiger charge is 2.13. The quantitative estimate of drug-likeness (QED) is 0.852. The van der Waals surface area contributed by atoms with E-state index in [-0.39, 0.29) is 5.91 Å². The number of anilines is 2. The molecule has 0 bridgehead atoms. The number of nitrogens with one attached hydrogen (secondary N) is 1. The maximum atomic E-state index is 12.1. The minimum absolute atomic E-state index is 0.298. The van der Waals surface area contributed by atoms with Gasteiger partial charge in [-0.3, -0.25) is 9.78 Å². The predicted molar refractivity (Wildman–Crippen MR) is 77.3 cm³/mol. The lowest BCUT2D eigenvalue weighted by atomic mass is 10.2. The van der Waals surface area contributed by atoms with E-state index in [1.54, 1.807) is 24.3 Å². The van der Waals surface area contributed by atoms with Gasteiger partial charge in [0.05, 0.1) is 30.2 Å². The number of nitrogens with zero attached hydrogens (tertiary/aromatic N) is 1. The van der Waals surface area contributed by atoms with Crippen molar-refractivity contribution in [3.05, 3.63) is 46.7 Å². The Morgan fingerprint density at radius 1 is 1.42 bits per heavy atom. The first-order valence-electron chi connectivity index (χ1n) is 5.46. The molecule has 0 aliphatic rings. The average Bonchev–Trinajstić information content (AvgIpc) is 2.41. The number of halogens is 1. The number of pyridine rings is 1. The Bertz CT molecular complexity index is 617. The molecule has 1 heterocycles. The van der Waals surface area contributed by atoms with Crippen LogP contribution in [0.3, 0.4) is 0 Å². The lowest BCUT2D eigenvalue weighted by molar-refractivity contribution is 0.102. The van der Waals surface area contributed by atoms with Gasteiger partial charge in [-0.15, -0.1) is 0 Å². The maximum absolute atomic E-state index is 12.1. The summed E-state index contributed by atoms with van der Waals surface area (Å²) in [6, 6.07) is 6.84. The minimum atomic E-state index is -0.298. The molecule has 0 aliphatic heterocycles. The van der Waals surface area contributed by atoms with E-state index in [2.05, 4.69) is 26.2 Å². The van der Waals surface area contributed by atoms with Crippen LogP contribution in [0.5, 0.6) is 5.75 Å². The van der Waals surface area contributed by atoms with Crippen LogP contribution in [0.4, 0.5) is 11.4 Å². The first kappa shape index (κ1) is 13.4. The summed E-state index contributed by atoms with van der Waals surface area (Å²) in [5.41, 5.74) is 7.26. The third kappa shape index (κ3) is 3.03. The van der Waals surface area contributed by atoms with E-state index in [0.29, 0.717) is 22.7 Å². The maximum Gasteiger partial charge on any atom is 0.259 e. The van der Waals surface area contributed by atoms with Crippen LogP contribution in [0.25, 0.3) is 0 Å². The van der Waals surface area contributed by atoms with Crippen molar-refractivity contribution in [3.8, 4) is 5.75 Å². The largest absolute Gasteiger partial charge is 0.494 e. The standard InChI is InChI=1S/C13H12BrN3O2/c1-19-12-7-16-5-4-9(12)13(18)17-11-3-2-8(14)6-10(11)15/h2-7H,15H2,1H3,(H,17,18). The van der Waals surface area contributed by atoms with Crippen LogP contribution in [-0.4, -0.2) is 18.0 Å². The fraction of sp³-hybridized carbons (Fsp3) is 0.0769. The zero-order chi connectivity index (χ0) is 13.8. The summed E-state index contributed by atoms with van der Waals surface area (Å²) in [4.78, 5) is 16.0. The van der Waals surface area contributed by atoms with Crippen LogP contribution in [0.15, 0.2) is 41.1 Å². The van der Waals surface area contributed by atoms with Crippen LogP contribution in [-0.2, 0) is 0 Å². The molecule has 0 unspecified atom stereocenters. The van der Waals surface area contributed by atoms with Crippen molar-refractivity contribution in [1.29, 1.82) is 0 Å². The summed E-state index contributed by atoms with van der Waals surface area (Å²) < 4.78 is 5.94. The van der Waals surface area contributed by atoms with E-state index in [1.165, 1.54) is 19.5 Å². The molecule has 0 fully saturated rings. The van der Waals surface area contributed by atoms with E-state index in [4.69, 9.17) is 10.5 Å². The SMILES string of the molecule is COc1cnccc1C(=O)Nc1ccc(Br)cc1N. The van der Waals surface area contributed by atoms with E-state index >= 15 is 0 Å². The summed E-state index contributed by atoms with van der Waals surface area (Å²) in [5.74, 6) is 0.115. The second-order valence-corrected chi connectivity index (χ2v) is 4.68. The van der Waals surface area contributed by atoms with Crippen LogP contribution >= 0.6 is 15.9 Å². The van der Waals surface area contributed by atoms with Gasteiger partial charge in [0, 0.05) is 10.7 Å². The van der Waals surface area contributed by atoms with Gasteiger partial charge in [0.25, 0.3) is 5.91 Å². The molecule has 0 atom stereocenters. The van der Waals surface area contributed by atoms with Crippen molar-refractivity contribution in [2.45, 2.75) is 0 Å². The van der Waals surface area contributed by atoms with Crippen LogP contribution in [0.1, 0.15) is 10.4 Å². The molecule has 0 radical (unpaired) electrons.